The SMILES string of the molecule is CC1CCN(C(=O)c2cnc(Nc3ccc(F)c(F)c3F)cn2)CC1. The second-order valence-corrected chi connectivity index (χ2v) is 6.11. The smallest absolute Gasteiger partial charge is 0.274 e. The summed E-state index contributed by atoms with van der Waals surface area (Å²) in [5.41, 5.74) is -0.0804. The van der Waals surface area contributed by atoms with Crippen LogP contribution in [0.2, 0.25) is 0 Å². The second kappa shape index (κ2) is 7.08. The zero-order chi connectivity index (χ0) is 18.0. The molecule has 2 heterocycles. The molecule has 0 saturated carbocycles. The Hall–Kier alpha value is -2.64. The Kier molecular flexibility index (Phi) is 4.87. The maximum Gasteiger partial charge on any atom is 0.274 e. The summed E-state index contributed by atoms with van der Waals surface area (Å²) in [5.74, 6) is -3.66. The number of piperidine rings is 1. The number of benzene rings is 1. The van der Waals surface area contributed by atoms with Gasteiger partial charge in [0, 0.05) is 13.1 Å². The largest absolute Gasteiger partial charge is 0.337 e. The average Bonchev–Trinajstić information content (AvgIpc) is 2.63. The zero-order valence-corrected chi connectivity index (χ0v) is 13.6. The molecule has 132 valence electrons. The van der Waals surface area contributed by atoms with Crippen LogP contribution in [0.1, 0.15) is 30.3 Å². The normalized spacial score (nSPS) is 15.3. The molecule has 2 aromatic rings. The van der Waals surface area contributed by atoms with E-state index in [1.165, 1.54) is 12.4 Å². The first-order valence-corrected chi connectivity index (χ1v) is 7.97. The molecule has 1 amide bonds. The van der Waals surface area contributed by atoms with Crippen LogP contribution < -0.4 is 5.32 Å². The predicted molar refractivity (Wildman–Crippen MR) is 85.9 cm³/mol. The van der Waals surface area contributed by atoms with Crippen molar-refractivity contribution in [2.45, 2.75) is 19.8 Å². The van der Waals surface area contributed by atoms with Gasteiger partial charge in [0.15, 0.2) is 17.5 Å². The van der Waals surface area contributed by atoms with Crippen molar-refractivity contribution in [3.8, 4) is 0 Å². The van der Waals surface area contributed by atoms with Crippen molar-refractivity contribution >= 4 is 17.4 Å². The van der Waals surface area contributed by atoms with Gasteiger partial charge >= 0.3 is 0 Å². The van der Waals surface area contributed by atoms with E-state index in [0.29, 0.717) is 19.0 Å². The third-order valence-corrected chi connectivity index (χ3v) is 4.24. The quantitative estimate of drug-likeness (QED) is 0.861. The minimum Gasteiger partial charge on any atom is -0.337 e. The minimum absolute atomic E-state index is 0.119. The van der Waals surface area contributed by atoms with Crippen LogP contribution in [0.15, 0.2) is 24.5 Å². The van der Waals surface area contributed by atoms with Crippen LogP contribution in [-0.2, 0) is 0 Å². The number of rotatable bonds is 3. The number of amides is 1. The Bertz CT molecular complexity index is 774. The number of carbonyl (C=O) groups excluding carboxylic acids is 1. The van der Waals surface area contributed by atoms with Crippen LogP contribution >= 0.6 is 0 Å². The molecule has 3 rings (SSSR count). The van der Waals surface area contributed by atoms with Crippen molar-refractivity contribution in [1.29, 1.82) is 0 Å². The molecule has 25 heavy (non-hydrogen) atoms. The van der Waals surface area contributed by atoms with Crippen LogP contribution in [0.3, 0.4) is 0 Å². The molecular weight excluding hydrogens is 333 g/mol. The van der Waals surface area contributed by atoms with Gasteiger partial charge in [0.2, 0.25) is 0 Å². The molecule has 1 aromatic carbocycles. The molecule has 8 heteroatoms. The number of aromatic nitrogens is 2. The fourth-order valence-corrected chi connectivity index (χ4v) is 2.64. The van der Waals surface area contributed by atoms with Gasteiger partial charge in [-0.3, -0.25) is 4.79 Å². The molecule has 0 atom stereocenters. The summed E-state index contributed by atoms with van der Waals surface area (Å²) in [6.45, 7) is 3.52. The molecule has 0 unspecified atom stereocenters. The van der Waals surface area contributed by atoms with Gasteiger partial charge in [0.1, 0.15) is 11.5 Å². The summed E-state index contributed by atoms with van der Waals surface area (Å²) < 4.78 is 39.8. The van der Waals surface area contributed by atoms with Crippen molar-refractivity contribution in [1.82, 2.24) is 14.9 Å². The van der Waals surface area contributed by atoms with Crippen LogP contribution in [-0.4, -0.2) is 33.9 Å². The van der Waals surface area contributed by atoms with Crippen LogP contribution in [0.4, 0.5) is 24.7 Å². The lowest BCUT2D eigenvalue weighted by Gasteiger charge is -2.29. The number of hydrogen-bond donors (Lipinski definition) is 1. The minimum atomic E-state index is -1.57. The summed E-state index contributed by atoms with van der Waals surface area (Å²) in [6.07, 6.45) is 4.43. The standard InChI is InChI=1S/C17H17F3N4O/c1-10-4-6-24(7-5-10)17(25)13-8-22-14(9-21-13)23-12-3-2-11(18)15(19)16(12)20/h2-3,8-10H,4-7H2,1H3,(H,22,23). The van der Waals surface area contributed by atoms with Gasteiger partial charge in [0.05, 0.1) is 18.1 Å². The van der Waals surface area contributed by atoms with Gasteiger partial charge in [-0.2, -0.15) is 0 Å². The number of nitrogens with one attached hydrogen (secondary N) is 1. The molecular formula is C17H17F3N4O. The number of likely N-dealkylation sites (tertiary alicyclic amines) is 1. The van der Waals surface area contributed by atoms with E-state index >= 15 is 0 Å². The highest BCUT2D eigenvalue weighted by atomic mass is 19.2. The summed E-state index contributed by atoms with van der Waals surface area (Å²) in [7, 11) is 0. The lowest BCUT2D eigenvalue weighted by molar-refractivity contribution is 0.0691. The monoisotopic (exact) mass is 350 g/mol. The van der Waals surface area contributed by atoms with Crippen molar-refractivity contribution in [3.05, 3.63) is 47.7 Å². The topological polar surface area (TPSA) is 58.1 Å². The van der Waals surface area contributed by atoms with Crippen molar-refractivity contribution < 1.29 is 18.0 Å². The molecule has 1 saturated heterocycles. The third kappa shape index (κ3) is 3.72. The van der Waals surface area contributed by atoms with E-state index in [2.05, 4.69) is 22.2 Å². The van der Waals surface area contributed by atoms with Crippen molar-refractivity contribution in [3.63, 3.8) is 0 Å². The van der Waals surface area contributed by atoms with Gasteiger partial charge in [-0.1, -0.05) is 6.92 Å². The van der Waals surface area contributed by atoms with Gasteiger partial charge in [-0.05, 0) is 30.9 Å². The molecule has 1 aromatic heterocycles. The highest BCUT2D eigenvalue weighted by molar-refractivity contribution is 5.92. The lowest BCUT2D eigenvalue weighted by Crippen LogP contribution is -2.38. The van der Waals surface area contributed by atoms with E-state index in [4.69, 9.17) is 0 Å². The highest BCUT2D eigenvalue weighted by Gasteiger charge is 2.22. The Morgan fingerprint density at radius 2 is 1.84 bits per heavy atom. The molecule has 1 fully saturated rings. The predicted octanol–water partition coefficient (Wildman–Crippen LogP) is 3.51. The maximum absolute atomic E-state index is 13.6. The van der Waals surface area contributed by atoms with Crippen molar-refractivity contribution in [2.75, 3.05) is 18.4 Å². The molecule has 5 nitrogen and oxygen atoms in total. The van der Waals surface area contributed by atoms with E-state index in [0.717, 1.165) is 25.0 Å². The van der Waals surface area contributed by atoms with E-state index in [-0.39, 0.29) is 23.1 Å². The summed E-state index contributed by atoms with van der Waals surface area (Å²) in [4.78, 5) is 22.1. The van der Waals surface area contributed by atoms with Crippen LogP contribution in [0.25, 0.3) is 0 Å². The average molecular weight is 350 g/mol. The van der Waals surface area contributed by atoms with E-state index in [1.807, 2.05) is 0 Å². The second-order valence-electron chi connectivity index (χ2n) is 6.11. The Balaban J connectivity index is 1.70. The van der Waals surface area contributed by atoms with E-state index in [1.54, 1.807) is 4.90 Å². The molecule has 1 N–H and O–H groups in total. The molecule has 1 aliphatic heterocycles. The summed E-state index contributed by atoms with van der Waals surface area (Å²) >= 11 is 0. The Morgan fingerprint density at radius 3 is 2.48 bits per heavy atom. The molecule has 1 aliphatic rings. The molecule has 0 aliphatic carbocycles. The van der Waals surface area contributed by atoms with E-state index < -0.39 is 17.5 Å². The van der Waals surface area contributed by atoms with Crippen LogP contribution in [0.5, 0.6) is 0 Å². The number of halogens is 3. The third-order valence-electron chi connectivity index (χ3n) is 4.24. The first-order valence-electron chi connectivity index (χ1n) is 7.97. The number of carbonyl (C=O) groups is 1. The highest BCUT2D eigenvalue weighted by Crippen LogP contribution is 2.22. The number of anilines is 2. The molecule has 0 spiro atoms. The summed E-state index contributed by atoms with van der Waals surface area (Å²) in [6, 6.07) is 1.87. The fraction of sp³-hybridized carbons (Fsp3) is 0.353. The van der Waals surface area contributed by atoms with Crippen molar-refractivity contribution in [2.24, 2.45) is 5.92 Å². The molecule has 0 bridgehead atoms. The Morgan fingerprint density at radius 1 is 1.12 bits per heavy atom. The first-order chi connectivity index (χ1) is 12.0. The Labute approximate surface area is 142 Å². The number of nitrogens with zero attached hydrogens (tertiary/aromatic N) is 3. The zero-order valence-electron chi connectivity index (χ0n) is 13.6. The molecule has 0 radical (unpaired) electrons. The van der Waals surface area contributed by atoms with Gasteiger partial charge in [-0.25, -0.2) is 23.1 Å². The fourth-order valence-electron chi connectivity index (χ4n) is 2.64. The van der Waals surface area contributed by atoms with Crippen LogP contribution in [0, 0.1) is 23.4 Å². The van der Waals surface area contributed by atoms with Gasteiger partial charge in [0.25, 0.3) is 5.91 Å². The maximum atomic E-state index is 13.6. The lowest BCUT2D eigenvalue weighted by atomic mass is 9.99. The first kappa shape index (κ1) is 17.2. The van der Waals surface area contributed by atoms with Gasteiger partial charge < -0.3 is 10.2 Å². The number of hydrogen-bond acceptors (Lipinski definition) is 4. The summed E-state index contributed by atoms with van der Waals surface area (Å²) in [5, 5.41) is 2.51. The van der Waals surface area contributed by atoms with E-state index in [9.17, 15) is 18.0 Å². The van der Waals surface area contributed by atoms with Gasteiger partial charge in [-0.15, -0.1) is 0 Å².